The van der Waals surface area contributed by atoms with Crippen molar-refractivity contribution in [3.05, 3.63) is 0 Å². The molecule has 0 aromatic carbocycles. The van der Waals surface area contributed by atoms with E-state index < -0.39 is 0 Å². The highest BCUT2D eigenvalue weighted by Crippen LogP contribution is 2.28. The van der Waals surface area contributed by atoms with E-state index in [1.54, 1.807) is 0 Å². The van der Waals surface area contributed by atoms with Crippen LogP contribution in [0.4, 0.5) is 4.79 Å². The summed E-state index contributed by atoms with van der Waals surface area (Å²) in [5.74, 6) is 2.57. The molecular weight excluding hydrogens is 364 g/mol. The molecule has 3 fully saturated rings. The SMILES string of the molecule is CC(C)CNC(=O)N1CCCC(CC(=O)N2CC[C@@H]3CNC[C@@H]3CC2)C1.Cl. The van der Waals surface area contributed by atoms with Gasteiger partial charge in [0.15, 0.2) is 0 Å². The molecule has 27 heavy (non-hydrogen) atoms. The number of likely N-dealkylation sites (tertiary alicyclic amines) is 2. The smallest absolute Gasteiger partial charge is 0.317 e. The Bertz CT molecular complexity index is 488. The molecule has 0 bridgehead atoms. The quantitative estimate of drug-likeness (QED) is 0.761. The predicted molar refractivity (Wildman–Crippen MR) is 110 cm³/mol. The van der Waals surface area contributed by atoms with Crippen molar-refractivity contribution in [1.29, 1.82) is 0 Å². The third-order valence-electron chi connectivity index (χ3n) is 6.30. The van der Waals surface area contributed by atoms with Crippen LogP contribution in [0, 0.1) is 23.7 Å². The Kier molecular flexibility index (Phi) is 8.67. The highest BCUT2D eigenvalue weighted by atomic mass is 35.5. The van der Waals surface area contributed by atoms with Crippen molar-refractivity contribution in [1.82, 2.24) is 20.4 Å². The number of nitrogens with one attached hydrogen (secondary N) is 2. The van der Waals surface area contributed by atoms with Crippen LogP contribution in [-0.2, 0) is 4.79 Å². The van der Waals surface area contributed by atoms with Gasteiger partial charge in [-0.1, -0.05) is 13.8 Å². The number of urea groups is 1. The number of hydrogen-bond donors (Lipinski definition) is 2. The number of hydrogen-bond acceptors (Lipinski definition) is 3. The van der Waals surface area contributed by atoms with Crippen LogP contribution < -0.4 is 10.6 Å². The molecule has 0 aromatic heterocycles. The molecule has 0 aliphatic carbocycles. The second-order valence-corrected chi connectivity index (χ2v) is 8.87. The molecule has 3 rings (SSSR count). The van der Waals surface area contributed by atoms with Crippen molar-refractivity contribution in [2.24, 2.45) is 23.7 Å². The van der Waals surface area contributed by atoms with Crippen LogP contribution in [0.3, 0.4) is 0 Å². The molecule has 3 aliphatic heterocycles. The van der Waals surface area contributed by atoms with Gasteiger partial charge in [0.2, 0.25) is 5.91 Å². The molecular formula is C20H37ClN4O2. The summed E-state index contributed by atoms with van der Waals surface area (Å²) in [6.07, 6.45) is 4.93. The van der Waals surface area contributed by atoms with Crippen molar-refractivity contribution in [2.45, 2.75) is 46.0 Å². The van der Waals surface area contributed by atoms with Gasteiger partial charge in [-0.2, -0.15) is 0 Å². The van der Waals surface area contributed by atoms with Crippen LogP contribution in [0.25, 0.3) is 0 Å². The van der Waals surface area contributed by atoms with Gasteiger partial charge in [-0.05, 0) is 62.4 Å². The lowest BCUT2D eigenvalue weighted by atomic mass is 9.92. The molecule has 3 amide bonds. The molecule has 0 radical (unpaired) electrons. The van der Waals surface area contributed by atoms with E-state index in [1.165, 1.54) is 0 Å². The molecule has 6 nitrogen and oxygen atoms in total. The Morgan fingerprint density at radius 3 is 2.33 bits per heavy atom. The second kappa shape index (κ2) is 10.5. The van der Waals surface area contributed by atoms with E-state index in [-0.39, 0.29) is 18.4 Å². The fourth-order valence-electron chi connectivity index (χ4n) is 4.66. The molecule has 3 atom stereocenters. The summed E-state index contributed by atoms with van der Waals surface area (Å²) in [6.45, 7) is 10.5. The van der Waals surface area contributed by atoms with Gasteiger partial charge < -0.3 is 20.4 Å². The highest BCUT2D eigenvalue weighted by Gasteiger charge is 2.32. The zero-order valence-corrected chi connectivity index (χ0v) is 17.7. The first kappa shape index (κ1) is 22.3. The van der Waals surface area contributed by atoms with Gasteiger partial charge in [0, 0.05) is 39.1 Å². The van der Waals surface area contributed by atoms with Crippen molar-refractivity contribution < 1.29 is 9.59 Å². The Morgan fingerprint density at radius 1 is 1.04 bits per heavy atom. The molecule has 7 heteroatoms. The summed E-state index contributed by atoms with van der Waals surface area (Å²) in [5, 5.41) is 6.49. The summed E-state index contributed by atoms with van der Waals surface area (Å²) < 4.78 is 0. The summed E-state index contributed by atoms with van der Waals surface area (Å²) in [5.41, 5.74) is 0. The van der Waals surface area contributed by atoms with E-state index in [2.05, 4.69) is 29.4 Å². The maximum absolute atomic E-state index is 12.8. The van der Waals surface area contributed by atoms with Crippen molar-refractivity contribution >= 4 is 24.3 Å². The summed E-state index contributed by atoms with van der Waals surface area (Å²) >= 11 is 0. The van der Waals surface area contributed by atoms with Gasteiger partial charge in [0.1, 0.15) is 0 Å². The van der Waals surface area contributed by atoms with Crippen LogP contribution in [0.5, 0.6) is 0 Å². The van der Waals surface area contributed by atoms with Crippen molar-refractivity contribution in [3.8, 4) is 0 Å². The fraction of sp³-hybridized carbons (Fsp3) is 0.900. The standard InChI is InChI=1S/C20H36N4O2.ClH/c1-15(2)11-22-20(26)24-7-3-4-16(14-24)10-19(25)23-8-5-17-12-21-13-18(17)6-9-23;/h15-18,21H,3-14H2,1-2H3,(H,22,26);1H/t16?,17-,18+;. The minimum atomic E-state index is 0. The third-order valence-corrected chi connectivity index (χ3v) is 6.30. The van der Waals surface area contributed by atoms with Crippen molar-refractivity contribution in [2.75, 3.05) is 45.8 Å². The van der Waals surface area contributed by atoms with Crippen LogP contribution in [-0.4, -0.2) is 67.6 Å². The van der Waals surface area contributed by atoms with Gasteiger partial charge in [-0.3, -0.25) is 4.79 Å². The number of rotatable bonds is 4. The second-order valence-electron chi connectivity index (χ2n) is 8.87. The lowest BCUT2D eigenvalue weighted by molar-refractivity contribution is -0.132. The van der Waals surface area contributed by atoms with E-state index in [1.807, 2.05) is 4.90 Å². The number of halogens is 1. The first-order valence-electron chi connectivity index (χ1n) is 10.5. The molecule has 1 unspecified atom stereocenters. The summed E-state index contributed by atoms with van der Waals surface area (Å²) in [7, 11) is 0. The number of carbonyl (C=O) groups excluding carboxylic acids is 2. The Hall–Kier alpha value is -1.01. The zero-order chi connectivity index (χ0) is 18.5. The van der Waals surface area contributed by atoms with E-state index in [0.717, 1.165) is 76.8 Å². The molecule has 0 saturated carbocycles. The number of piperidine rings is 1. The molecule has 3 heterocycles. The van der Waals surface area contributed by atoms with Gasteiger partial charge in [-0.15, -0.1) is 12.4 Å². The van der Waals surface area contributed by atoms with Gasteiger partial charge in [-0.25, -0.2) is 4.79 Å². The van der Waals surface area contributed by atoms with E-state index in [9.17, 15) is 9.59 Å². The predicted octanol–water partition coefficient (Wildman–Crippen LogP) is 2.33. The minimum absolute atomic E-state index is 0. The lowest BCUT2D eigenvalue weighted by Crippen LogP contribution is -2.47. The first-order valence-corrected chi connectivity index (χ1v) is 10.5. The van der Waals surface area contributed by atoms with E-state index in [0.29, 0.717) is 30.7 Å². The fourth-order valence-corrected chi connectivity index (χ4v) is 4.66. The normalized spacial score (nSPS) is 28.3. The molecule has 0 aromatic rings. The Balaban J connectivity index is 0.00000261. The third kappa shape index (κ3) is 6.24. The number of fused-ring (bicyclic) bond motifs is 1. The molecule has 3 aliphatic rings. The minimum Gasteiger partial charge on any atom is -0.343 e. The first-order chi connectivity index (χ1) is 12.5. The Morgan fingerprint density at radius 2 is 1.70 bits per heavy atom. The summed E-state index contributed by atoms with van der Waals surface area (Å²) in [6, 6.07) is 0.0333. The molecule has 156 valence electrons. The van der Waals surface area contributed by atoms with Crippen LogP contribution >= 0.6 is 12.4 Å². The molecule has 2 N–H and O–H groups in total. The van der Waals surface area contributed by atoms with E-state index >= 15 is 0 Å². The van der Waals surface area contributed by atoms with Crippen molar-refractivity contribution in [3.63, 3.8) is 0 Å². The lowest BCUT2D eigenvalue weighted by Gasteiger charge is -2.33. The van der Waals surface area contributed by atoms with Crippen LogP contribution in [0.15, 0.2) is 0 Å². The average Bonchev–Trinajstić information content (AvgIpc) is 2.98. The number of amides is 3. The average molecular weight is 401 g/mol. The maximum Gasteiger partial charge on any atom is 0.317 e. The number of nitrogens with zero attached hydrogens (tertiary/aromatic N) is 2. The number of carbonyl (C=O) groups is 2. The van der Waals surface area contributed by atoms with Crippen LogP contribution in [0.2, 0.25) is 0 Å². The van der Waals surface area contributed by atoms with Crippen LogP contribution in [0.1, 0.15) is 46.0 Å². The maximum atomic E-state index is 12.8. The van der Waals surface area contributed by atoms with Gasteiger partial charge >= 0.3 is 6.03 Å². The molecule has 0 spiro atoms. The van der Waals surface area contributed by atoms with Gasteiger partial charge in [0.25, 0.3) is 0 Å². The topological polar surface area (TPSA) is 64.7 Å². The monoisotopic (exact) mass is 400 g/mol. The zero-order valence-electron chi connectivity index (χ0n) is 16.9. The highest BCUT2D eigenvalue weighted by molar-refractivity contribution is 5.85. The van der Waals surface area contributed by atoms with E-state index in [4.69, 9.17) is 0 Å². The molecule has 3 saturated heterocycles. The van der Waals surface area contributed by atoms with Gasteiger partial charge in [0.05, 0.1) is 0 Å². The summed E-state index contributed by atoms with van der Waals surface area (Å²) in [4.78, 5) is 29.1. The largest absolute Gasteiger partial charge is 0.343 e. The Labute approximate surface area is 170 Å².